The number of ether oxygens (including phenoxy) is 1. The van der Waals surface area contributed by atoms with Crippen LogP contribution in [0, 0.1) is 11.8 Å². The molecule has 0 aromatic rings. The molecule has 0 bridgehead atoms. The Labute approximate surface area is 120 Å². The van der Waals surface area contributed by atoms with Gasteiger partial charge in [-0.15, -0.1) is 0 Å². The Morgan fingerprint density at radius 2 is 2.00 bits per heavy atom. The van der Waals surface area contributed by atoms with Gasteiger partial charge in [-0.25, -0.2) is 0 Å². The Kier molecular flexibility index (Phi) is 7.96. The van der Waals surface area contributed by atoms with E-state index in [1.807, 2.05) is 0 Å². The highest BCUT2D eigenvalue weighted by Crippen LogP contribution is 2.15. The van der Waals surface area contributed by atoms with Crippen molar-refractivity contribution in [2.75, 3.05) is 32.8 Å². The van der Waals surface area contributed by atoms with E-state index >= 15 is 0 Å². The van der Waals surface area contributed by atoms with Crippen LogP contribution in [0.3, 0.4) is 0 Å². The summed E-state index contributed by atoms with van der Waals surface area (Å²) >= 11 is 0. The minimum Gasteiger partial charge on any atom is -0.380 e. The van der Waals surface area contributed by atoms with Crippen molar-refractivity contribution in [2.24, 2.45) is 11.8 Å². The predicted octanol–water partition coefficient (Wildman–Crippen LogP) is 2.76. The molecule has 0 aliphatic carbocycles. The van der Waals surface area contributed by atoms with Gasteiger partial charge in [0.2, 0.25) is 0 Å². The first kappa shape index (κ1) is 16.9. The zero-order valence-electron chi connectivity index (χ0n) is 13.6. The summed E-state index contributed by atoms with van der Waals surface area (Å²) in [6, 6.07) is 1.28. The quantitative estimate of drug-likeness (QED) is 0.686. The lowest BCUT2D eigenvalue weighted by Crippen LogP contribution is -2.57. The zero-order valence-corrected chi connectivity index (χ0v) is 13.6. The fourth-order valence-corrected chi connectivity index (χ4v) is 2.53. The van der Waals surface area contributed by atoms with E-state index in [-0.39, 0.29) is 0 Å². The zero-order chi connectivity index (χ0) is 14.3. The van der Waals surface area contributed by atoms with Crippen LogP contribution in [-0.4, -0.2) is 49.8 Å². The molecule has 1 aliphatic rings. The Balaban J connectivity index is 2.22. The summed E-state index contributed by atoms with van der Waals surface area (Å²) in [4.78, 5) is 2.59. The van der Waals surface area contributed by atoms with Crippen molar-refractivity contribution in [3.63, 3.8) is 0 Å². The fraction of sp³-hybridized carbons (Fsp3) is 1.00. The van der Waals surface area contributed by atoms with Crippen molar-refractivity contribution in [2.45, 2.75) is 59.5 Å². The number of rotatable bonds is 8. The van der Waals surface area contributed by atoms with Gasteiger partial charge < -0.3 is 10.1 Å². The molecule has 19 heavy (non-hydrogen) atoms. The third-order valence-corrected chi connectivity index (χ3v) is 4.42. The van der Waals surface area contributed by atoms with Gasteiger partial charge in [-0.1, -0.05) is 34.1 Å². The number of nitrogens with zero attached hydrogens (tertiary/aromatic N) is 1. The first-order valence-electron chi connectivity index (χ1n) is 8.09. The molecule has 0 aromatic carbocycles. The van der Waals surface area contributed by atoms with Gasteiger partial charge in [0.05, 0.1) is 6.61 Å². The molecule has 1 saturated heterocycles. The Bertz CT molecular complexity index is 233. The van der Waals surface area contributed by atoms with Gasteiger partial charge in [0.25, 0.3) is 0 Å². The molecule has 0 radical (unpaired) electrons. The highest BCUT2D eigenvalue weighted by molar-refractivity contribution is 4.86. The second kappa shape index (κ2) is 8.93. The van der Waals surface area contributed by atoms with E-state index in [2.05, 4.69) is 44.8 Å². The predicted molar refractivity (Wildman–Crippen MR) is 82.6 cm³/mol. The molecule has 1 N–H and O–H groups in total. The molecule has 1 aliphatic heterocycles. The van der Waals surface area contributed by atoms with Crippen LogP contribution in [0.5, 0.6) is 0 Å². The summed E-state index contributed by atoms with van der Waals surface area (Å²) in [7, 11) is 0. The van der Waals surface area contributed by atoms with Crippen LogP contribution in [-0.2, 0) is 4.74 Å². The van der Waals surface area contributed by atoms with Crippen molar-refractivity contribution < 1.29 is 4.74 Å². The summed E-state index contributed by atoms with van der Waals surface area (Å²) in [5.41, 5.74) is 0. The molecule has 0 spiro atoms. The van der Waals surface area contributed by atoms with Crippen molar-refractivity contribution in [1.29, 1.82) is 0 Å². The first-order valence-corrected chi connectivity index (χ1v) is 8.09. The van der Waals surface area contributed by atoms with E-state index in [0.29, 0.717) is 12.1 Å². The number of piperazine rings is 1. The lowest BCUT2D eigenvalue weighted by Gasteiger charge is -2.41. The van der Waals surface area contributed by atoms with Gasteiger partial charge in [0, 0.05) is 38.3 Å². The molecule has 1 fully saturated rings. The molecule has 0 amide bonds. The Morgan fingerprint density at radius 1 is 1.26 bits per heavy atom. The second-order valence-electron chi connectivity index (χ2n) is 6.54. The topological polar surface area (TPSA) is 24.5 Å². The third-order valence-electron chi connectivity index (χ3n) is 4.42. The van der Waals surface area contributed by atoms with Gasteiger partial charge in [-0.3, -0.25) is 4.90 Å². The molecule has 1 rings (SSSR count). The standard InChI is InChI=1S/C16H34N2O/c1-6-14(4)16-12-18(15(5)11-17-16)8-10-19-9-7-13(2)3/h13-17H,6-12H2,1-5H3. The molecule has 0 saturated carbocycles. The van der Waals surface area contributed by atoms with Crippen LogP contribution in [0.2, 0.25) is 0 Å². The highest BCUT2D eigenvalue weighted by atomic mass is 16.5. The summed E-state index contributed by atoms with van der Waals surface area (Å²) in [5, 5.41) is 3.68. The minimum atomic E-state index is 0.633. The fourth-order valence-electron chi connectivity index (χ4n) is 2.53. The summed E-state index contributed by atoms with van der Waals surface area (Å²) in [6.07, 6.45) is 2.43. The third kappa shape index (κ3) is 6.24. The first-order chi connectivity index (χ1) is 9.04. The van der Waals surface area contributed by atoms with E-state index in [1.165, 1.54) is 19.4 Å². The van der Waals surface area contributed by atoms with Gasteiger partial charge in [-0.2, -0.15) is 0 Å². The minimum absolute atomic E-state index is 0.633. The average Bonchev–Trinajstić information content (AvgIpc) is 2.39. The van der Waals surface area contributed by atoms with Crippen LogP contribution in [0.1, 0.15) is 47.5 Å². The average molecular weight is 270 g/mol. The molecule has 1 heterocycles. The van der Waals surface area contributed by atoms with Crippen molar-refractivity contribution in [1.82, 2.24) is 10.2 Å². The molecule has 114 valence electrons. The molecular weight excluding hydrogens is 236 g/mol. The Morgan fingerprint density at radius 3 is 2.63 bits per heavy atom. The van der Waals surface area contributed by atoms with Gasteiger partial charge in [0.15, 0.2) is 0 Å². The summed E-state index contributed by atoms with van der Waals surface area (Å²) in [6.45, 7) is 16.6. The van der Waals surface area contributed by atoms with E-state index < -0.39 is 0 Å². The van der Waals surface area contributed by atoms with Gasteiger partial charge in [-0.05, 0) is 25.2 Å². The lowest BCUT2D eigenvalue weighted by atomic mass is 9.96. The smallest absolute Gasteiger partial charge is 0.0593 e. The molecule has 3 nitrogen and oxygen atoms in total. The maximum Gasteiger partial charge on any atom is 0.0593 e. The maximum atomic E-state index is 5.76. The van der Waals surface area contributed by atoms with Crippen LogP contribution < -0.4 is 5.32 Å². The number of hydrogen-bond acceptors (Lipinski definition) is 3. The monoisotopic (exact) mass is 270 g/mol. The van der Waals surface area contributed by atoms with Crippen molar-refractivity contribution in [3.8, 4) is 0 Å². The van der Waals surface area contributed by atoms with Crippen molar-refractivity contribution >= 4 is 0 Å². The van der Waals surface area contributed by atoms with Crippen LogP contribution in [0.15, 0.2) is 0 Å². The van der Waals surface area contributed by atoms with E-state index in [9.17, 15) is 0 Å². The van der Waals surface area contributed by atoms with E-state index in [4.69, 9.17) is 4.74 Å². The maximum absolute atomic E-state index is 5.76. The van der Waals surface area contributed by atoms with Gasteiger partial charge >= 0.3 is 0 Å². The Hall–Kier alpha value is -0.120. The van der Waals surface area contributed by atoms with Crippen molar-refractivity contribution in [3.05, 3.63) is 0 Å². The molecular formula is C16H34N2O. The largest absolute Gasteiger partial charge is 0.380 e. The normalized spacial score (nSPS) is 26.8. The lowest BCUT2D eigenvalue weighted by molar-refractivity contribution is 0.0588. The molecule has 3 atom stereocenters. The molecule has 3 unspecified atom stereocenters. The highest BCUT2D eigenvalue weighted by Gasteiger charge is 2.27. The van der Waals surface area contributed by atoms with Crippen LogP contribution in [0.25, 0.3) is 0 Å². The number of nitrogens with one attached hydrogen (secondary N) is 1. The molecule has 3 heteroatoms. The summed E-state index contributed by atoms with van der Waals surface area (Å²) in [5.74, 6) is 1.50. The van der Waals surface area contributed by atoms with Crippen LogP contribution >= 0.6 is 0 Å². The summed E-state index contributed by atoms with van der Waals surface area (Å²) < 4.78 is 5.76. The molecule has 0 aromatic heterocycles. The van der Waals surface area contributed by atoms with Crippen LogP contribution in [0.4, 0.5) is 0 Å². The van der Waals surface area contributed by atoms with E-state index in [1.54, 1.807) is 0 Å². The SMILES string of the molecule is CCC(C)C1CN(CCOCCC(C)C)C(C)CN1. The van der Waals surface area contributed by atoms with Gasteiger partial charge in [0.1, 0.15) is 0 Å². The number of hydrogen-bond donors (Lipinski definition) is 1. The second-order valence-corrected chi connectivity index (χ2v) is 6.54. The van der Waals surface area contributed by atoms with E-state index in [0.717, 1.165) is 38.1 Å².